The smallest absolute Gasteiger partial charge is 0.325 e. The van der Waals surface area contributed by atoms with E-state index in [0.717, 1.165) is 25.9 Å². The minimum absolute atomic E-state index is 0.00826. The first-order valence-corrected chi connectivity index (χ1v) is 7.97. The van der Waals surface area contributed by atoms with Crippen molar-refractivity contribution in [2.75, 3.05) is 26.2 Å². The molecule has 0 saturated carbocycles. The number of carboxylic acid groups (broad SMARTS) is 1. The molecule has 2 rings (SSSR count). The molecule has 0 spiro atoms. The van der Waals surface area contributed by atoms with Crippen molar-refractivity contribution in [3.63, 3.8) is 0 Å². The summed E-state index contributed by atoms with van der Waals surface area (Å²) in [5.41, 5.74) is 0. The molecule has 0 aromatic heterocycles. The summed E-state index contributed by atoms with van der Waals surface area (Å²) in [6, 6.07) is -0.546. The van der Waals surface area contributed by atoms with Crippen molar-refractivity contribution in [1.29, 1.82) is 0 Å². The summed E-state index contributed by atoms with van der Waals surface area (Å²) >= 11 is 0. The van der Waals surface area contributed by atoms with Crippen LogP contribution < -0.4 is 5.32 Å². The SMILES string of the molecule is CCN1CCCC1CN1CC(C(=O)N[C@H](C)C(=O)O)CC1=O. The molecule has 2 aliphatic heterocycles. The van der Waals surface area contributed by atoms with Crippen LogP contribution in [0.1, 0.15) is 33.1 Å². The summed E-state index contributed by atoms with van der Waals surface area (Å²) in [4.78, 5) is 39.1. The summed E-state index contributed by atoms with van der Waals surface area (Å²) in [7, 11) is 0. The summed E-state index contributed by atoms with van der Waals surface area (Å²) in [5.74, 6) is -1.86. The van der Waals surface area contributed by atoms with Gasteiger partial charge in [0.05, 0.1) is 5.92 Å². The monoisotopic (exact) mass is 311 g/mol. The highest BCUT2D eigenvalue weighted by atomic mass is 16.4. The second-order valence-electron chi connectivity index (χ2n) is 6.19. The Hall–Kier alpha value is -1.63. The van der Waals surface area contributed by atoms with Gasteiger partial charge in [0.1, 0.15) is 6.04 Å². The van der Waals surface area contributed by atoms with E-state index in [1.807, 2.05) is 0 Å². The van der Waals surface area contributed by atoms with E-state index in [4.69, 9.17) is 5.11 Å². The zero-order chi connectivity index (χ0) is 16.3. The number of likely N-dealkylation sites (N-methyl/N-ethyl adjacent to an activating group) is 1. The molecular formula is C15H25N3O4. The van der Waals surface area contributed by atoms with E-state index < -0.39 is 17.9 Å². The van der Waals surface area contributed by atoms with Gasteiger partial charge in [0.15, 0.2) is 0 Å². The first-order chi connectivity index (χ1) is 10.4. The third-order valence-electron chi connectivity index (χ3n) is 4.65. The van der Waals surface area contributed by atoms with Crippen molar-refractivity contribution in [1.82, 2.24) is 15.1 Å². The van der Waals surface area contributed by atoms with Crippen molar-refractivity contribution < 1.29 is 19.5 Å². The van der Waals surface area contributed by atoms with E-state index >= 15 is 0 Å². The average molecular weight is 311 g/mol. The van der Waals surface area contributed by atoms with Crippen molar-refractivity contribution in [2.45, 2.75) is 45.2 Å². The number of carboxylic acids is 1. The maximum atomic E-state index is 12.1. The van der Waals surface area contributed by atoms with Gasteiger partial charge in [-0.25, -0.2) is 0 Å². The van der Waals surface area contributed by atoms with Crippen LogP contribution in [0.4, 0.5) is 0 Å². The highest BCUT2D eigenvalue weighted by Gasteiger charge is 2.37. The van der Waals surface area contributed by atoms with Gasteiger partial charge in [-0.3, -0.25) is 19.3 Å². The second-order valence-corrected chi connectivity index (χ2v) is 6.19. The molecule has 2 unspecified atom stereocenters. The van der Waals surface area contributed by atoms with Crippen LogP contribution in [-0.4, -0.2) is 71.0 Å². The lowest BCUT2D eigenvalue weighted by atomic mass is 10.1. The van der Waals surface area contributed by atoms with E-state index in [1.165, 1.54) is 6.92 Å². The fraction of sp³-hybridized carbons (Fsp3) is 0.800. The Morgan fingerprint density at radius 3 is 2.82 bits per heavy atom. The molecule has 124 valence electrons. The predicted molar refractivity (Wildman–Crippen MR) is 80.2 cm³/mol. The topological polar surface area (TPSA) is 89.9 Å². The lowest BCUT2D eigenvalue weighted by Gasteiger charge is -2.27. The maximum absolute atomic E-state index is 12.1. The van der Waals surface area contributed by atoms with Crippen LogP contribution in [0.3, 0.4) is 0 Å². The van der Waals surface area contributed by atoms with Gasteiger partial charge in [0.2, 0.25) is 11.8 Å². The number of likely N-dealkylation sites (tertiary alicyclic amines) is 2. The summed E-state index contributed by atoms with van der Waals surface area (Å²) in [6.45, 7) is 6.66. The molecule has 2 aliphatic rings. The van der Waals surface area contributed by atoms with Gasteiger partial charge in [-0.2, -0.15) is 0 Å². The Morgan fingerprint density at radius 1 is 1.45 bits per heavy atom. The minimum Gasteiger partial charge on any atom is -0.480 e. The molecular weight excluding hydrogens is 286 g/mol. The molecule has 0 aromatic rings. The van der Waals surface area contributed by atoms with Crippen LogP contribution in [0.5, 0.6) is 0 Å². The quantitative estimate of drug-likeness (QED) is 0.715. The van der Waals surface area contributed by atoms with Gasteiger partial charge in [-0.1, -0.05) is 6.92 Å². The van der Waals surface area contributed by atoms with Gasteiger partial charge in [0.25, 0.3) is 0 Å². The number of nitrogens with one attached hydrogen (secondary N) is 1. The lowest BCUT2D eigenvalue weighted by Crippen LogP contribution is -2.43. The predicted octanol–water partition coefficient (Wildman–Crippen LogP) is -0.0915. The van der Waals surface area contributed by atoms with Crippen LogP contribution in [0.15, 0.2) is 0 Å². The average Bonchev–Trinajstić information content (AvgIpc) is 3.06. The van der Waals surface area contributed by atoms with E-state index in [-0.39, 0.29) is 18.2 Å². The minimum atomic E-state index is -1.07. The third kappa shape index (κ3) is 3.76. The first kappa shape index (κ1) is 16.7. The number of hydrogen-bond donors (Lipinski definition) is 2. The van der Waals surface area contributed by atoms with E-state index in [1.54, 1.807) is 4.90 Å². The Bertz CT molecular complexity index is 454. The van der Waals surface area contributed by atoms with Crippen LogP contribution in [0, 0.1) is 5.92 Å². The second kappa shape index (κ2) is 7.09. The Kier molecular flexibility index (Phi) is 5.39. The molecule has 0 radical (unpaired) electrons. The van der Waals surface area contributed by atoms with Crippen LogP contribution in [0.2, 0.25) is 0 Å². The standard InChI is InChI=1S/C15H25N3O4/c1-3-17-6-4-5-12(17)9-18-8-11(7-13(18)19)14(20)16-10(2)15(21)22/h10-12H,3-9H2,1-2H3,(H,16,20)(H,21,22)/t10-,11?,12?/m1/s1. The maximum Gasteiger partial charge on any atom is 0.325 e. The van der Waals surface area contributed by atoms with Gasteiger partial charge in [0, 0.05) is 25.6 Å². The number of aliphatic carboxylic acids is 1. The number of carbonyl (C=O) groups is 3. The molecule has 3 atom stereocenters. The van der Waals surface area contributed by atoms with Crippen LogP contribution in [0.25, 0.3) is 0 Å². The Morgan fingerprint density at radius 2 is 2.18 bits per heavy atom. The van der Waals surface area contributed by atoms with E-state index in [2.05, 4.69) is 17.1 Å². The number of nitrogens with zero attached hydrogens (tertiary/aromatic N) is 2. The van der Waals surface area contributed by atoms with Crippen molar-refractivity contribution in [3.05, 3.63) is 0 Å². The largest absolute Gasteiger partial charge is 0.480 e. The fourth-order valence-corrected chi connectivity index (χ4v) is 3.29. The molecule has 2 N–H and O–H groups in total. The van der Waals surface area contributed by atoms with Crippen molar-refractivity contribution in [2.24, 2.45) is 5.92 Å². The third-order valence-corrected chi connectivity index (χ3v) is 4.65. The zero-order valence-corrected chi connectivity index (χ0v) is 13.2. The molecule has 2 amide bonds. The van der Waals surface area contributed by atoms with E-state index in [0.29, 0.717) is 19.1 Å². The molecule has 7 nitrogen and oxygen atoms in total. The van der Waals surface area contributed by atoms with Crippen LogP contribution in [-0.2, 0) is 14.4 Å². The van der Waals surface area contributed by atoms with Gasteiger partial charge in [-0.15, -0.1) is 0 Å². The van der Waals surface area contributed by atoms with Crippen LogP contribution >= 0.6 is 0 Å². The highest BCUT2D eigenvalue weighted by molar-refractivity contribution is 5.91. The molecule has 0 bridgehead atoms. The first-order valence-electron chi connectivity index (χ1n) is 7.97. The molecule has 2 saturated heterocycles. The summed E-state index contributed by atoms with van der Waals surface area (Å²) < 4.78 is 0. The Labute approximate surface area is 130 Å². The number of rotatable bonds is 6. The molecule has 0 aromatic carbocycles. The highest BCUT2D eigenvalue weighted by Crippen LogP contribution is 2.23. The van der Waals surface area contributed by atoms with Crippen molar-refractivity contribution >= 4 is 17.8 Å². The summed E-state index contributed by atoms with van der Waals surface area (Å²) in [5, 5.41) is 11.3. The van der Waals surface area contributed by atoms with Gasteiger partial charge in [-0.05, 0) is 32.9 Å². The molecule has 7 heteroatoms. The van der Waals surface area contributed by atoms with E-state index in [9.17, 15) is 14.4 Å². The molecule has 2 fully saturated rings. The number of amides is 2. The normalized spacial score (nSPS) is 27.2. The number of hydrogen-bond acceptors (Lipinski definition) is 4. The summed E-state index contributed by atoms with van der Waals surface area (Å²) in [6.07, 6.45) is 2.42. The molecule has 0 aliphatic carbocycles. The lowest BCUT2D eigenvalue weighted by molar-refractivity contribution is -0.141. The molecule has 2 heterocycles. The fourth-order valence-electron chi connectivity index (χ4n) is 3.29. The van der Waals surface area contributed by atoms with Gasteiger partial charge < -0.3 is 15.3 Å². The Balaban J connectivity index is 1.87. The molecule has 22 heavy (non-hydrogen) atoms. The van der Waals surface area contributed by atoms with Gasteiger partial charge >= 0.3 is 5.97 Å². The zero-order valence-electron chi connectivity index (χ0n) is 13.2. The van der Waals surface area contributed by atoms with Crippen molar-refractivity contribution in [3.8, 4) is 0 Å². The number of carbonyl (C=O) groups excluding carboxylic acids is 2.